The van der Waals surface area contributed by atoms with Crippen molar-refractivity contribution in [2.24, 2.45) is 11.8 Å². The number of benzene rings is 1. The van der Waals surface area contributed by atoms with Gasteiger partial charge in [-0.1, -0.05) is 6.92 Å². The Kier molecular flexibility index (Phi) is 5.97. The zero-order chi connectivity index (χ0) is 18.7. The van der Waals surface area contributed by atoms with Crippen molar-refractivity contribution in [1.82, 2.24) is 10.2 Å². The molecule has 1 saturated carbocycles. The molecule has 1 aromatic carbocycles. The van der Waals surface area contributed by atoms with Crippen molar-refractivity contribution >= 4 is 15.7 Å². The van der Waals surface area contributed by atoms with E-state index in [4.69, 9.17) is 0 Å². The Hall–Kier alpha value is -1.47. The smallest absolute Gasteiger partial charge is 0.226 e. The van der Waals surface area contributed by atoms with E-state index in [-0.39, 0.29) is 16.6 Å². The van der Waals surface area contributed by atoms with E-state index in [1.54, 1.807) is 11.8 Å². The van der Waals surface area contributed by atoms with Gasteiger partial charge < -0.3 is 10.2 Å². The number of carbonyl (C=O) groups is 1. The molecule has 0 radical (unpaired) electrons. The Bertz CT molecular complexity index is 724. The summed E-state index contributed by atoms with van der Waals surface area (Å²) in [4.78, 5) is 14.5. The van der Waals surface area contributed by atoms with Gasteiger partial charge in [0, 0.05) is 25.0 Å². The first kappa shape index (κ1) is 19.3. The number of halogens is 1. The fourth-order valence-corrected chi connectivity index (χ4v) is 4.95. The molecule has 1 saturated heterocycles. The van der Waals surface area contributed by atoms with Crippen molar-refractivity contribution in [3.05, 3.63) is 30.1 Å². The van der Waals surface area contributed by atoms with Crippen LogP contribution in [0.5, 0.6) is 0 Å². The van der Waals surface area contributed by atoms with Crippen molar-refractivity contribution < 1.29 is 17.6 Å². The highest BCUT2D eigenvalue weighted by atomic mass is 32.2. The average Bonchev–Trinajstić information content (AvgIpc) is 3.44. The van der Waals surface area contributed by atoms with E-state index in [0.717, 1.165) is 37.4 Å². The summed E-state index contributed by atoms with van der Waals surface area (Å²) in [6.07, 6.45) is 4.47. The molecule has 1 heterocycles. The van der Waals surface area contributed by atoms with E-state index in [0.29, 0.717) is 19.1 Å². The third-order valence-electron chi connectivity index (χ3n) is 5.26. The molecule has 1 atom stereocenters. The molecule has 2 fully saturated rings. The van der Waals surface area contributed by atoms with Gasteiger partial charge in [-0.3, -0.25) is 4.79 Å². The largest absolute Gasteiger partial charge is 0.342 e. The van der Waals surface area contributed by atoms with Gasteiger partial charge in [-0.2, -0.15) is 0 Å². The maximum atomic E-state index is 13.0. The molecule has 1 aliphatic carbocycles. The third-order valence-corrected chi connectivity index (χ3v) is 7.19. The van der Waals surface area contributed by atoms with E-state index in [1.807, 2.05) is 0 Å². The summed E-state index contributed by atoms with van der Waals surface area (Å²) in [5.74, 6) is -0.618. The summed E-state index contributed by atoms with van der Waals surface area (Å²) in [7, 11) is -3.61. The van der Waals surface area contributed by atoms with Crippen LogP contribution in [0.2, 0.25) is 0 Å². The topological polar surface area (TPSA) is 66.5 Å². The van der Waals surface area contributed by atoms with Crippen LogP contribution in [-0.2, 0) is 14.6 Å². The van der Waals surface area contributed by atoms with Crippen LogP contribution in [0, 0.1) is 17.7 Å². The molecule has 26 heavy (non-hydrogen) atoms. The number of rotatable bonds is 7. The minimum Gasteiger partial charge on any atom is -0.342 e. The third kappa shape index (κ3) is 5.04. The summed E-state index contributed by atoms with van der Waals surface area (Å²) in [5, 5.41) is 3.57. The number of piperidine rings is 1. The van der Waals surface area contributed by atoms with E-state index < -0.39 is 21.6 Å². The van der Waals surface area contributed by atoms with Gasteiger partial charge in [0.1, 0.15) is 5.82 Å². The van der Waals surface area contributed by atoms with Gasteiger partial charge in [-0.05, 0) is 62.4 Å². The van der Waals surface area contributed by atoms with Crippen LogP contribution in [0.1, 0.15) is 32.6 Å². The maximum Gasteiger partial charge on any atom is 0.226 e. The number of hydrogen-bond donors (Lipinski definition) is 1. The lowest BCUT2D eigenvalue weighted by atomic mass is 10.0. The maximum absolute atomic E-state index is 13.0. The second-order valence-electron chi connectivity index (χ2n) is 7.59. The van der Waals surface area contributed by atoms with E-state index in [9.17, 15) is 17.6 Å². The number of nitrogens with one attached hydrogen (secondary N) is 1. The Morgan fingerprint density at radius 1 is 1.19 bits per heavy atom. The molecule has 5 nitrogen and oxygen atoms in total. The van der Waals surface area contributed by atoms with Crippen molar-refractivity contribution in [1.29, 1.82) is 0 Å². The first-order chi connectivity index (χ1) is 12.3. The first-order valence-corrected chi connectivity index (χ1v) is 11.0. The Morgan fingerprint density at radius 3 is 2.38 bits per heavy atom. The molecular formula is C19H27FN2O3S. The second-order valence-corrected chi connectivity index (χ2v) is 9.62. The highest BCUT2D eigenvalue weighted by molar-refractivity contribution is 7.91. The van der Waals surface area contributed by atoms with Crippen LogP contribution in [0.25, 0.3) is 0 Å². The summed E-state index contributed by atoms with van der Waals surface area (Å²) >= 11 is 0. The van der Waals surface area contributed by atoms with Gasteiger partial charge in [0.2, 0.25) is 5.91 Å². The SMILES string of the molecule is CC(CS(=O)(=O)c1ccc(F)cc1)C(=O)N1CCC(NCC2CC2)CC1. The number of carbonyl (C=O) groups excluding carboxylic acids is 1. The predicted octanol–water partition coefficient (Wildman–Crippen LogP) is 2.23. The van der Waals surface area contributed by atoms with Crippen LogP contribution in [0.3, 0.4) is 0 Å². The van der Waals surface area contributed by atoms with Crippen LogP contribution < -0.4 is 5.32 Å². The zero-order valence-electron chi connectivity index (χ0n) is 15.2. The van der Waals surface area contributed by atoms with E-state index >= 15 is 0 Å². The normalized spacial score (nSPS) is 20.2. The summed E-state index contributed by atoms with van der Waals surface area (Å²) in [5.41, 5.74) is 0. The standard InChI is InChI=1S/C19H27FN2O3S/c1-14(13-26(24,25)18-6-4-16(20)5-7-18)19(23)22-10-8-17(9-11-22)21-12-15-2-3-15/h4-7,14-15,17,21H,2-3,8-13H2,1H3. The van der Waals surface area contributed by atoms with Gasteiger partial charge in [-0.25, -0.2) is 12.8 Å². The summed E-state index contributed by atoms with van der Waals surface area (Å²) < 4.78 is 37.9. The van der Waals surface area contributed by atoms with Crippen LogP contribution >= 0.6 is 0 Å². The summed E-state index contributed by atoms with van der Waals surface area (Å²) in [6, 6.07) is 5.20. The van der Waals surface area contributed by atoms with Gasteiger partial charge in [0.05, 0.1) is 10.6 Å². The Labute approximate surface area is 154 Å². The monoisotopic (exact) mass is 382 g/mol. The number of sulfone groups is 1. The predicted molar refractivity (Wildman–Crippen MR) is 97.9 cm³/mol. The molecule has 3 rings (SSSR count). The molecule has 0 spiro atoms. The fraction of sp³-hybridized carbons (Fsp3) is 0.632. The Balaban J connectivity index is 1.50. The fourth-order valence-electron chi connectivity index (χ4n) is 3.41. The highest BCUT2D eigenvalue weighted by Gasteiger charge is 2.30. The van der Waals surface area contributed by atoms with Gasteiger partial charge in [0.25, 0.3) is 0 Å². The molecule has 2 aliphatic rings. The van der Waals surface area contributed by atoms with E-state index in [2.05, 4.69) is 5.32 Å². The number of hydrogen-bond acceptors (Lipinski definition) is 4. The molecule has 144 valence electrons. The average molecular weight is 383 g/mol. The molecular weight excluding hydrogens is 355 g/mol. The molecule has 1 amide bonds. The van der Waals surface area contributed by atoms with Crippen molar-refractivity contribution in [2.45, 2.75) is 43.5 Å². The molecule has 1 N–H and O–H groups in total. The molecule has 1 aliphatic heterocycles. The number of nitrogens with zero attached hydrogens (tertiary/aromatic N) is 1. The quantitative estimate of drug-likeness (QED) is 0.735. The molecule has 7 heteroatoms. The molecule has 1 unspecified atom stereocenters. The van der Waals surface area contributed by atoms with Crippen LogP contribution in [-0.4, -0.2) is 50.7 Å². The number of amides is 1. The lowest BCUT2D eigenvalue weighted by molar-refractivity contribution is -0.135. The number of likely N-dealkylation sites (tertiary alicyclic amines) is 1. The lowest BCUT2D eigenvalue weighted by Gasteiger charge is -2.34. The van der Waals surface area contributed by atoms with Gasteiger partial charge in [0.15, 0.2) is 9.84 Å². The summed E-state index contributed by atoms with van der Waals surface area (Å²) in [6.45, 7) is 4.07. The van der Waals surface area contributed by atoms with Gasteiger partial charge in [-0.15, -0.1) is 0 Å². The highest BCUT2D eigenvalue weighted by Crippen LogP contribution is 2.28. The zero-order valence-corrected chi connectivity index (χ0v) is 16.0. The minimum absolute atomic E-state index is 0.0570. The first-order valence-electron chi connectivity index (χ1n) is 9.35. The minimum atomic E-state index is -3.61. The van der Waals surface area contributed by atoms with Crippen LogP contribution in [0.4, 0.5) is 4.39 Å². The van der Waals surface area contributed by atoms with Crippen LogP contribution in [0.15, 0.2) is 29.2 Å². The molecule has 0 aromatic heterocycles. The van der Waals surface area contributed by atoms with Crippen molar-refractivity contribution in [3.63, 3.8) is 0 Å². The van der Waals surface area contributed by atoms with Crippen molar-refractivity contribution in [2.75, 3.05) is 25.4 Å². The van der Waals surface area contributed by atoms with E-state index in [1.165, 1.54) is 25.0 Å². The molecule has 0 bridgehead atoms. The lowest BCUT2D eigenvalue weighted by Crippen LogP contribution is -2.47. The molecule has 1 aromatic rings. The second kappa shape index (κ2) is 8.05. The van der Waals surface area contributed by atoms with Crippen molar-refractivity contribution in [3.8, 4) is 0 Å². The van der Waals surface area contributed by atoms with Gasteiger partial charge >= 0.3 is 0 Å². The Morgan fingerprint density at radius 2 is 1.81 bits per heavy atom.